The Bertz CT molecular complexity index is 275. The van der Waals surface area contributed by atoms with Gasteiger partial charge in [-0.3, -0.25) is 14.5 Å². The number of amides is 1. The molecule has 1 aliphatic carbocycles. The summed E-state index contributed by atoms with van der Waals surface area (Å²) in [5.41, 5.74) is 0. The minimum Gasteiger partial charge on any atom is -0.465 e. The Morgan fingerprint density at radius 1 is 1.22 bits per heavy atom. The van der Waals surface area contributed by atoms with E-state index < -0.39 is 0 Å². The van der Waals surface area contributed by atoms with Crippen molar-refractivity contribution in [1.29, 1.82) is 0 Å². The summed E-state index contributed by atoms with van der Waals surface area (Å²) in [6.07, 6.45) is 5.82. The number of likely N-dealkylation sites (N-methyl/N-ethyl adjacent to an activating group) is 1. The summed E-state index contributed by atoms with van der Waals surface area (Å²) in [4.78, 5) is 24.7. The van der Waals surface area contributed by atoms with Crippen LogP contribution in [0.1, 0.15) is 39.0 Å². The van der Waals surface area contributed by atoms with Crippen LogP contribution in [0.5, 0.6) is 0 Å². The Kier molecular flexibility index (Phi) is 6.72. The fourth-order valence-electron chi connectivity index (χ4n) is 2.25. The highest BCUT2D eigenvalue weighted by molar-refractivity contribution is 5.79. The van der Waals surface area contributed by atoms with Gasteiger partial charge >= 0.3 is 5.97 Å². The molecular weight excluding hydrogens is 232 g/mol. The highest BCUT2D eigenvalue weighted by Gasteiger charge is 2.17. The van der Waals surface area contributed by atoms with E-state index in [1.807, 2.05) is 0 Å². The predicted molar refractivity (Wildman–Crippen MR) is 69.1 cm³/mol. The number of ether oxygens (including phenoxy) is 1. The zero-order valence-corrected chi connectivity index (χ0v) is 11.4. The monoisotopic (exact) mass is 256 g/mol. The third kappa shape index (κ3) is 6.00. The highest BCUT2D eigenvalue weighted by atomic mass is 16.5. The van der Waals surface area contributed by atoms with Gasteiger partial charge in [0.2, 0.25) is 5.91 Å². The van der Waals surface area contributed by atoms with Gasteiger partial charge in [0.1, 0.15) is 0 Å². The molecule has 104 valence electrons. The van der Waals surface area contributed by atoms with Gasteiger partial charge in [0.05, 0.1) is 19.7 Å². The molecule has 0 aromatic carbocycles. The number of nitrogens with zero attached hydrogens (tertiary/aromatic N) is 1. The zero-order chi connectivity index (χ0) is 13.4. The van der Waals surface area contributed by atoms with Crippen molar-refractivity contribution < 1.29 is 14.3 Å². The molecule has 5 nitrogen and oxygen atoms in total. The number of carbonyl (C=O) groups excluding carboxylic acids is 2. The first-order valence-corrected chi connectivity index (χ1v) is 6.75. The van der Waals surface area contributed by atoms with Crippen LogP contribution in [0.25, 0.3) is 0 Å². The molecule has 1 N–H and O–H groups in total. The van der Waals surface area contributed by atoms with Crippen molar-refractivity contribution in [2.75, 3.05) is 26.7 Å². The molecule has 1 amide bonds. The molecule has 18 heavy (non-hydrogen) atoms. The minimum absolute atomic E-state index is 0.00583. The maximum absolute atomic E-state index is 11.8. The summed E-state index contributed by atoms with van der Waals surface area (Å²) < 4.78 is 4.83. The van der Waals surface area contributed by atoms with Gasteiger partial charge in [-0.2, -0.15) is 0 Å². The summed E-state index contributed by atoms with van der Waals surface area (Å²) in [6, 6.07) is 0.322. The minimum atomic E-state index is -0.287. The van der Waals surface area contributed by atoms with E-state index in [0.29, 0.717) is 12.6 Å². The standard InChI is InChI=1S/C13H24N2O3/c1-3-18-13(17)10-15(2)9-12(16)14-11-7-5-4-6-8-11/h11H,3-10H2,1-2H3,(H,14,16). The molecule has 0 aromatic heterocycles. The molecule has 1 fully saturated rings. The van der Waals surface area contributed by atoms with E-state index in [9.17, 15) is 9.59 Å². The lowest BCUT2D eigenvalue weighted by molar-refractivity contribution is -0.144. The summed E-state index contributed by atoms with van der Waals surface area (Å²) in [5.74, 6) is -0.292. The van der Waals surface area contributed by atoms with E-state index in [4.69, 9.17) is 4.74 Å². The van der Waals surface area contributed by atoms with Crippen molar-refractivity contribution in [1.82, 2.24) is 10.2 Å². The van der Waals surface area contributed by atoms with Crippen LogP contribution in [0.3, 0.4) is 0 Å². The lowest BCUT2D eigenvalue weighted by Crippen LogP contribution is -2.43. The number of rotatable bonds is 6. The van der Waals surface area contributed by atoms with Gasteiger partial charge in [0.25, 0.3) is 0 Å². The van der Waals surface area contributed by atoms with Crippen LogP contribution in [0.15, 0.2) is 0 Å². The van der Waals surface area contributed by atoms with Crippen LogP contribution in [-0.4, -0.2) is 49.6 Å². The summed E-state index contributed by atoms with van der Waals surface area (Å²) >= 11 is 0. The quantitative estimate of drug-likeness (QED) is 0.718. The Morgan fingerprint density at radius 2 is 1.89 bits per heavy atom. The molecule has 1 saturated carbocycles. The maximum Gasteiger partial charge on any atom is 0.320 e. The molecule has 0 radical (unpaired) electrons. The van der Waals surface area contributed by atoms with Gasteiger partial charge in [-0.25, -0.2) is 0 Å². The summed E-state index contributed by atoms with van der Waals surface area (Å²) in [6.45, 7) is 2.55. The number of nitrogens with one attached hydrogen (secondary N) is 1. The number of esters is 1. The van der Waals surface area contributed by atoms with Gasteiger partial charge in [0.15, 0.2) is 0 Å². The smallest absolute Gasteiger partial charge is 0.320 e. The van der Waals surface area contributed by atoms with Gasteiger partial charge in [0, 0.05) is 6.04 Å². The molecule has 0 aliphatic heterocycles. The predicted octanol–water partition coefficient (Wildman–Crippen LogP) is 0.930. The topological polar surface area (TPSA) is 58.6 Å². The first kappa shape index (κ1) is 15.0. The van der Waals surface area contributed by atoms with Crippen molar-refractivity contribution in [3.63, 3.8) is 0 Å². The van der Waals surface area contributed by atoms with Crippen molar-refractivity contribution in [2.24, 2.45) is 0 Å². The van der Waals surface area contributed by atoms with E-state index in [1.165, 1.54) is 19.3 Å². The SMILES string of the molecule is CCOC(=O)CN(C)CC(=O)NC1CCCCC1. The first-order chi connectivity index (χ1) is 8.61. The largest absolute Gasteiger partial charge is 0.465 e. The van der Waals surface area contributed by atoms with E-state index in [2.05, 4.69) is 5.32 Å². The van der Waals surface area contributed by atoms with Crippen molar-refractivity contribution in [3.05, 3.63) is 0 Å². The number of hydrogen-bond acceptors (Lipinski definition) is 4. The second-order valence-electron chi connectivity index (χ2n) is 4.88. The van der Waals surface area contributed by atoms with E-state index in [1.54, 1.807) is 18.9 Å². The van der Waals surface area contributed by atoms with Crippen molar-refractivity contribution in [3.8, 4) is 0 Å². The van der Waals surface area contributed by atoms with E-state index in [0.717, 1.165) is 12.8 Å². The van der Waals surface area contributed by atoms with Crippen LogP contribution in [0, 0.1) is 0 Å². The summed E-state index contributed by atoms with van der Waals surface area (Å²) in [7, 11) is 1.75. The molecule has 0 spiro atoms. The Labute approximate surface area is 109 Å². The molecule has 0 bridgehead atoms. The van der Waals surface area contributed by atoms with Crippen molar-refractivity contribution in [2.45, 2.75) is 45.1 Å². The second kappa shape index (κ2) is 8.08. The van der Waals surface area contributed by atoms with Gasteiger partial charge < -0.3 is 10.1 Å². The molecule has 1 aliphatic rings. The van der Waals surface area contributed by atoms with E-state index >= 15 is 0 Å². The molecular formula is C13H24N2O3. The molecule has 0 unspecified atom stereocenters. The van der Waals surface area contributed by atoms with Gasteiger partial charge in [-0.1, -0.05) is 19.3 Å². The number of hydrogen-bond donors (Lipinski definition) is 1. The summed E-state index contributed by atoms with van der Waals surface area (Å²) in [5, 5.41) is 3.02. The maximum atomic E-state index is 11.8. The van der Waals surface area contributed by atoms with Crippen LogP contribution in [0.2, 0.25) is 0 Å². The second-order valence-corrected chi connectivity index (χ2v) is 4.88. The van der Waals surface area contributed by atoms with E-state index in [-0.39, 0.29) is 25.0 Å². The fraction of sp³-hybridized carbons (Fsp3) is 0.846. The average Bonchev–Trinajstić information content (AvgIpc) is 2.29. The lowest BCUT2D eigenvalue weighted by atomic mass is 9.95. The number of carbonyl (C=O) groups is 2. The molecule has 0 heterocycles. The lowest BCUT2D eigenvalue weighted by Gasteiger charge is -2.24. The Hall–Kier alpha value is -1.10. The normalized spacial score (nSPS) is 16.6. The molecule has 0 saturated heterocycles. The van der Waals surface area contributed by atoms with Crippen LogP contribution in [0.4, 0.5) is 0 Å². The Morgan fingerprint density at radius 3 is 2.50 bits per heavy atom. The molecule has 1 rings (SSSR count). The Balaban J connectivity index is 2.19. The first-order valence-electron chi connectivity index (χ1n) is 6.75. The molecule has 0 aromatic rings. The molecule has 0 atom stereocenters. The van der Waals surface area contributed by atoms with Crippen LogP contribution < -0.4 is 5.32 Å². The third-order valence-corrected chi connectivity index (χ3v) is 3.09. The zero-order valence-electron chi connectivity index (χ0n) is 11.4. The molecule has 5 heteroatoms. The average molecular weight is 256 g/mol. The van der Waals surface area contributed by atoms with Crippen molar-refractivity contribution >= 4 is 11.9 Å². The van der Waals surface area contributed by atoms with Gasteiger partial charge in [-0.05, 0) is 26.8 Å². The van der Waals surface area contributed by atoms with Crippen LogP contribution in [-0.2, 0) is 14.3 Å². The van der Waals surface area contributed by atoms with Crippen LogP contribution >= 0.6 is 0 Å². The highest BCUT2D eigenvalue weighted by Crippen LogP contribution is 2.17. The fourth-order valence-corrected chi connectivity index (χ4v) is 2.25. The third-order valence-electron chi connectivity index (χ3n) is 3.09. The van der Waals surface area contributed by atoms with Gasteiger partial charge in [-0.15, -0.1) is 0 Å².